The number of benzene rings is 1. The van der Waals surface area contributed by atoms with Crippen molar-refractivity contribution in [2.45, 2.75) is 20.8 Å². The summed E-state index contributed by atoms with van der Waals surface area (Å²) < 4.78 is 28.3. The van der Waals surface area contributed by atoms with Crippen molar-refractivity contribution in [1.29, 1.82) is 0 Å². The van der Waals surface area contributed by atoms with E-state index in [0.717, 1.165) is 0 Å². The number of carbonyl (C=O) groups excluding carboxylic acids is 1. The standard InChI is InChI=1S/C15H20ClO5P/c1-4-19-15(17)14(22(18,20-5-2)21-6-3)11-12-7-9-13(16)10-8-12/h7-11H,4-6H2,1-3H3/b14-11-. The average Bonchev–Trinajstić information content (AvgIpc) is 2.47. The zero-order valence-electron chi connectivity index (χ0n) is 12.9. The minimum atomic E-state index is -3.74. The van der Waals surface area contributed by atoms with Gasteiger partial charge in [-0.05, 0) is 44.5 Å². The molecular formula is C15H20ClO5P. The molecule has 0 saturated heterocycles. The fourth-order valence-electron chi connectivity index (χ4n) is 1.69. The van der Waals surface area contributed by atoms with Crippen LogP contribution in [0.2, 0.25) is 5.02 Å². The molecule has 0 aliphatic rings. The lowest BCUT2D eigenvalue weighted by Gasteiger charge is -2.19. The molecule has 0 aliphatic heterocycles. The van der Waals surface area contributed by atoms with Crippen molar-refractivity contribution in [1.82, 2.24) is 0 Å². The van der Waals surface area contributed by atoms with E-state index in [2.05, 4.69) is 0 Å². The van der Waals surface area contributed by atoms with E-state index in [1.807, 2.05) is 0 Å². The average molecular weight is 347 g/mol. The molecule has 22 heavy (non-hydrogen) atoms. The van der Waals surface area contributed by atoms with Crippen LogP contribution in [0.1, 0.15) is 26.3 Å². The number of esters is 1. The van der Waals surface area contributed by atoms with Gasteiger partial charge in [-0.2, -0.15) is 0 Å². The lowest BCUT2D eigenvalue weighted by molar-refractivity contribution is -0.137. The normalized spacial score (nSPS) is 12.3. The predicted molar refractivity (Wildman–Crippen MR) is 86.9 cm³/mol. The minimum absolute atomic E-state index is 0.125. The van der Waals surface area contributed by atoms with E-state index in [4.69, 9.17) is 25.4 Å². The Hall–Kier alpha value is -1.13. The second kappa shape index (κ2) is 9.11. The highest BCUT2D eigenvalue weighted by atomic mass is 35.5. The second-order valence-corrected chi connectivity index (χ2v) is 6.56. The van der Waals surface area contributed by atoms with Crippen molar-refractivity contribution in [2.75, 3.05) is 19.8 Å². The van der Waals surface area contributed by atoms with Crippen molar-refractivity contribution in [3.05, 3.63) is 40.2 Å². The van der Waals surface area contributed by atoms with Gasteiger partial charge in [0.2, 0.25) is 0 Å². The van der Waals surface area contributed by atoms with E-state index < -0.39 is 13.6 Å². The van der Waals surface area contributed by atoms with E-state index in [9.17, 15) is 9.36 Å². The van der Waals surface area contributed by atoms with Crippen LogP contribution >= 0.6 is 19.2 Å². The third-order valence-corrected chi connectivity index (χ3v) is 4.90. The molecule has 0 radical (unpaired) electrons. The Morgan fingerprint density at radius 2 is 1.64 bits per heavy atom. The van der Waals surface area contributed by atoms with Crippen molar-refractivity contribution in [3.8, 4) is 0 Å². The Morgan fingerprint density at radius 1 is 1.09 bits per heavy atom. The number of carbonyl (C=O) groups is 1. The first-order valence-corrected chi connectivity index (χ1v) is 8.93. The molecule has 1 aromatic rings. The van der Waals surface area contributed by atoms with Crippen LogP contribution in [0.4, 0.5) is 0 Å². The van der Waals surface area contributed by atoms with E-state index >= 15 is 0 Å². The third kappa shape index (κ3) is 5.25. The topological polar surface area (TPSA) is 61.8 Å². The van der Waals surface area contributed by atoms with E-state index in [1.54, 1.807) is 45.0 Å². The minimum Gasteiger partial charge on any atom is -0.462 e. The molecule has 0 aromatic heterocycles. The van der Waals surface area contributed by atoms with Gasteiger partial charge in [-0.15, -0.1) is 0 Å². The van der Waals surface area contributed by atoms with E-state index in [-0.39, 0.29) is 25.1 Å². The van der Waals surface area contributed by atoms with Gasteiger partial charge in [0.1, 0.15) is 5.31 Å². The highest BCUT2D eigenvalue weighted by molar-refractivity contribution is 7.60. The van der Waals surface area contributed by atoms with Crippen LogP contribution in [0.15, 0.2) is 29.6 Å². The van der Waals surface area contributed by atoms with Crippen molar-refractivity contribution in [3.63, 3.8) is 0 Å². The lowest BCUT2D eigenvalue weighted by atomic mass is 10.2. The van der Waals surface area contributed by atoms with Gasteiger partial charge in [-0.1, -0.05) is 23.7 Å². The van der Waals surface area contributed by atoms with Crippen molar-refractivity contribution < 1.29 is 23.1 Å². The summed E-state index contributed by atoms with van der Waals surface area (Å²) in [5, 5.41) is 0.438. The first kappa shape index (κ1) is 18.9. The fraction of sp³-hybridized carbons (Fsp3) is 0.400. The van der Waals surface area contributed by atoms with Crippen LogP contribution in [-0.2, 0) is 23.1 Å². The number of rotatable bonds is 8. The quantitative estimate of drug-likeness (QED) is 0.393. The molecule has 1 aromatic carbocycles. The maximum absolute atomic E-state index is 12.9. The van der Waals surface area contributed by atoms with Crippen LogP contribution in [0.5, 0.6) is 0 Å². The monoisotopic (exact) mass is 346 g/mol. The second-order valence-electron chi connectivity index (χ2n) is 4.13. The molecule has 0 bridgehead atoms. The zero-order chi connectivity index (χ0) is 16.6. The smallest absolute Gasteiger partial charge is 0.368 e. The van der Waals surface area contributed by atoms with Gasteiger partial charge < -0.3 is 13.8 Å². The zero-order valence-corrected chi connectivity index (χ0v) is 14.5. The van der Waals surface area contributed by atoms with Gasteiger partial charge in [0.25, 0.3) is 0 Å². The van der Waals surface area contributed by atoms with Crippen molar-refractivity contribution in [2.24, 2.45) is 0 Å². The molecule has 0 unspecified atom stereocenters. The molecule has 5 nitrogen and oxygen atoms in total. The van der Waals surface area contributed by atoms with Gasteiger partial charge in [-0.25, -0.2) is 4.79 Å². The van der Waals surface area contributed by atoms with Crippen LogP contribution in [0.3, 0.4) is 0 Å². The Bertz CT molecular complexity index is 558. The molecule has 0 fully saturated rings. The van der Waals surface area contributed by atoms with Crippen LogP contribution < -0.4 is 0 Å². The maximum Gasteiger partial charge on any atom is 0.368 e. The largest absolute Gasteiger partial charge is 0.462 e. The Morgan fingerprint density at radius 3 is 2.09 bits per heavy atom. The number of ether oxygens (including phenoxy) is 1. The summed E-state index contributed by atoms with van der Waals surface area (Å²) in [4.78, 5) is 12.2. The maximum atomic E-state index is 12.9. The molecule has 0 heterocycles. The predicted octanol–water partition coefficient (Wildman–Crippen LogP) is 4.51. The number of hydrogen-bond acceptors (Lipinski definition) is 5. The molecule has 0 N–H and O–H groups in total. The number of halogens is 1. The molecule has 0 aliphatic carbocycles. The summed E-state index contributed by atoms with van der Waals surface area (Å²) in [6.07, 6.45) is 1.44. The third-order valence-electron chi connectivity index (χ3n) is 2.55. The van der Waals surface area contributed by atoms with E-state index in [1.165, 1.54) is 6.08 Å². The van der Waals surface area contributed by atoms with Gasteiger partial charge in [-0.3, -0.25) is 4.57 Å². The van der Waals surface area contributed by atoms with Crippen LogP contribution in [0, 0.1) is 0 Å². The Kier molecular flexibility index (Phi) is 7.83. The summed E-state index contributed by atoms with van der Waals surface area (Å²) in [5.74, 6) is -0.720. The molecule has 0 spiro atoms. The molecule has 122 valence electrons. The van der Waals surface area contributed by atoms with Gasteiger partial charge in [0.05, 0.1) is 19.8 Å². The van der Waals surface area contributed by atoms with Crippen LogP contribution in [-0.4, -0.2) is 25.8 Å². The van der Waals surface area contributed by atoms with Gasteiger partial charge in [0.15, 0.2) is 0 Å². The Balaban J connectivity index is 3.29. The lowest BCUT2D eigenvalue weighted by Crippen LogP contribution is -2.11. The van der Waals surface area contributed by atoms with Gasteiger partial charge >= 0.3 is 13.6 Å². The fourth-order valence-corrected chi connectivity index (χ4v) is 3.44. The summed E-state index contributed by atoms with van der Waals surface area (Å²) >= 11 is 5.83. The van der Waals surface area contributed by atoms with E-state index in [0.29, 0.717) is 10.6 Å². The molecule has 0 amide bonds. The first-order valence-electron chi connectivity index (χ1n) is 7.00. The summed E-state index contributed by atoms with van der Waals surface area (Å²) in [6.45, 7) is 5.48. The summed E-state index contributed by atoms with van der Waals surface area (Å²) in [5.41, 5.74) is 0.645. The summed E-state index contributed by atoms with van der Waals surface area (Å²) in [6, 6.07) is 6.73. The van der Waals surface area contributed by atoms with Crippen molar-refractivity contribution >= 4 is 31.2 Å². The molecular weight excluding hydrogens is 327 g/mol. The molecule has 1 rings (SSSR count). The SMILES string of the molecule is CCOC(=O)/C(=C/c1ccc(Cl)cc1)P(=O)(OCC)OCC. The molecule has 0 atom stereocenters. The van der Waals surface area contributed by atoms with Crippen LogP contribution in [0.25, 0.3) is 6.08 Å². The first-order chi connectivity index (χ1) is 10.5. The summed E-state index contributed by atoms with van der Waals surface area (Å²) in [7, 11) is -3.74. The highest BCUT2D eigenvalue weighted by Crippen LogP contribution is 2.57. The van der Waals surface area contributed by atoms with Gasteiger partial charge in [0, 0.05) is 5.02 Å². The molecule has 0 saturated carbocycles. The highest BCUT2D eigenvalue weighted by Gasteiger charge is 2.35. The Labute approximate surface area is 135 Å². The number of hydrogen-bond donors (Lipinski definition) is 0. The molecule has 7 heteroatoms.